The van der Waals surface area contributed by atoms with Crippen LogP contribution < -0.4 is 0 Å². The maximum absolute atomic E-state index is 5.93. The second kappa shape index (κ2) is 2.03. The molecule has 0 saturated heterocycles. The average molecular weight is 167 g/mol. The van der Waals surface area contributed by atoms with Gasteiger partial charge in [-0.3, -0.25) is 0 Å². The quantitative estimate of drug-likeness (QED) is 0.553. The van der Waals surface area contributed by atoms with Crippen LogP contribution >= 0.6 is 23.2 Å². The summed E-state index contributed by atoms with van der Waals surface area (Å²) in [5, 5.41) is 0. The molecule has 0 spiro atoms. The molecule has 0 amide bonds. The molecule has 0 nitrogen and oxygen atoms in total. The Morgan fingerprint density at radius 1 is 1.22 bits per heavy atom. The van der Waals surface area contributed by atoms with E-state index in [0.717, 1.165) is 19.3 Å². The van der Waals surface area contributed by atoms with Gasteiger partial charge in [-0.1, -0.05) is 13.8 Å². The highest BCUT2D eigenvalue weighted by Crippen LogP contribution is 2.67. The molecular formula is C7H12Cl2. The summed E-state index contributed by atoms with van der Waals surface area (Å²) in [4.78, 5) is 0. The molecular weight excluding hydrogens is 155 g/mol. The molecule has 0 heterocycles. The van der Waals surface area contributed by atoms with Gasteiger partial charge in [-0.15, -0.1) is 23.2 Å². The SMILES string of the molecule is CCC1(CC)CC1(Cl)Cl. The van der Waals surface area contributed by atoms with E-state index in [1.807, 2.05) is 0 Å². The normalized spacial score (nSPS) is 28.0. The van der Waals surface area contributed by atoms with Crippen molar-refractivity contribution in [3.8, 4) is 0 Å². The van der Waals surface area contributed by atoms with Crippen LogP contribution in [0.2, 0.25) is 0 Å². The molecule has 2 heteroatoms. The van der Waals surface area contributed by atoms with E-state index >= 15 is 0 Å². The first kappa shape index (κ1) is 7.68. The fraction of sp³-hybridized carbons (Fsp3) is 1.00. The summed E-state index contributed by atoms with van der Waals surface area (Å²) in [6.07, 6.45) is 3.20. The van der Waals surface area contributed by atoms with Gasteiger partial charge in [-0.2, -0.15) is 0 Å². The highest BCUT2D eigenvalue weighted by molar-refractivity contribution is 6.51. The minimum absolute atomic E-state index is 0.260. The molecule has 0 unspecified atom stereocenters. The molecule has 0 radical (unpaired) electrons. The van der Waals surface area contributed by atoms with E-state index in [-0.39, 0.29) is 5.41 Å². The van der Waals surface area contributed by atoms with Gasteiger partial charge in [-0.05, 0) is 19.3 Å². The summed E-state index contributed by atoms with van der Waals surface area (Å²) >= 11 is 11.9. The first-order valence-corrected chi connectivity index (χ1v) is 4.21. The molecule has 1 fully saturated rings. The lowest BCUT2D eigenvalue weighted by molar-refractivity contribution is 0.466. The molecule has 0 aromatic carbocycles. The number of hydrogen-bond donors (Lipinski definition) is 0. The maximum atomic E-state index is 5.93. The lowest BCUT2D eigenvalue weighted by Gasteiger charge is -2.11. The van der Waals surface area contributed by atoms with E-state index in [1.54, 1.807) is 0 Å². The third-order valence-corrected chi connectivity index (χ3v) is 3.63. The molecule has 54 valence electrons. The van der Waals surface area contributed by atoms with E-state index in [2.05, 4.69) is 13.8 Å². The number of halogens is 2. The molecule has 0 N–H and O–H groups in total. The Labute approximate surface area is 66.5 Å². The van der Waals surface area contributed by atoms with Crippen LogP contribution in [0.1, 0.15) is 33.1 Å². The zero-order chi connectivity index (χ0) is 7.12. The van der Waals surface area contributed by atoms with Gasteiger partial charge in [-0.25, -0.2) is 0 Å². The van der Waals surface area contributed by atoms with Gasteiger partial charge in [0, 0.05) is 5.41 Å². The molecule has 1 rings (SSSR count). The fourth-order valence-corrected chi connectivity index (χ4v) is 2.44. The Bertz CT molecular complexity index is 114. The lowest BCUT2D eigenvalue weighted by Crippen LogP contribution is -2.05. The summed E-state index contributed by atoms with van der Waals surface area (Å²) in [6.45, 7) is 4.30. The summed E-state index contributed by atoms with van der Waals surface area (Å²) in [7, 11) is 0. The van der Waals surface area contributed by atoms with Crippen LogP contribution in [0.3, 0.4) is 0 Å². The molecule has 0 bridgehead atoms. The monoisotopic (exact) mass is 166 g/mol. The van der Waals surface area contributed by atoms with Crippen molar-refractivity contribution in [3.63, 3.8) is 0 Å². The Hall–Kier alpha value is 0.580. The van der Waals surface area contributed by atoms with Crippen molar-refractivity contribution in [1.82, 2.24) is 0 Å². The topological polar surface area (TPSA) is 0 Å². The van der Waals surface area contributed by atoms with Crippen LogP contribution in [0.25, 0.3) is 0 Å². The third kappa shape index (κ3) is 0.969. The molecule has 9 heavy (non-hydrogen) atoms. The van der Waals surface area contributed by atoms with Gasteiger partial charge in [0.15, 0.2) is 0 Å². The molecule has 0 aromatic rings. The first-order chi connectivity index (χ1) is 4.08. The van der Waals surface area contributed by atoms with Crippen molar-refractivity contribution >= 4 is 23.2 Å². The third-order valence-electron chi connectivity index (χ3n) is 2.56. The fourth-order valence-electron chi connectivity index (χ4n) is 1.40. The smallest absolute Gasteiger partial charge is 0.101 e. The van der Waals surface area contributed by atoms with Crippen molar-refractivity contribution in [2.75, 3.05) is 0 Å². The zero-order valence-electron chi connectivity index (χ0n) is 5.88. The summed E-state index contributed by atoms with van der Waals surface area (Å²) in [5.74, 6) is 0. The lowest BCUT2D eigenvalue weighted by atomic mass is 10.0. The molecule has 1 saturated carbocycles. The van der Waals surface area contributed by atoms with Crippen LogP contribution in [-0.4, -0.2) is 4.33 Å². The maximum Gasteiger partial charge on any atom is 0.124 e. The summed E-state index contributed by atoms with van der Waals surface area (Å²) in [5.41, 5.74) is 0.260. The standard InChI is InChI=1S/C7H12Cl2/c1-3-6(4-2)5-7(6,8)9/h3-5H2,1-2H3. The van der Waals surface area contributed by atoms with E-state index in [9.17, 15) is 0 Å². The highest BCUT2D eigenvalue weighted by Gasteiger charge is 2.63. The van der Waals surface area contributed by atoms with E-state index < -0.39 is 4.33 Å². The number of hydrogen-bond acceptors (Lipinski definition) is 0. The first-order valence-electron chi connectivity index (χ1n) is 3.46. The number of rotatable bonds is 2. The summed E-state index contributed by atoms with van der Waals surface area (Å²) < 4.78 is -0.392. The average Bonchev–Trinajstić information content (AvgIpc) is 2.35. The van der Waals surface area contributed by atoms with Crippen molar-refractivity contribution in [1.29, 1.82) is 0 Å². The Morgan fingerprint density at radius 3 is 1.56 bits per heavy atom. The Morgan fingerprint density at radius 2 is 1.56 bits per heavy atom. The van der Waals surface area contributed by atoms with E-state index in [4.69, 9.17) is 23.2 Å². The van der Waals surface area contributed by atoms with E-state index in [0.29, 0.717) is 0 Å². The van der Waals surface area contributed by atoms with Gasteiger partial charge in [0.2, 0.25) is 0 Å². The second-order valence-electron chi connectivity index (χ2n) is 2.87. The van der Waals surface area contributed by atoms with Gasteiger partial charge >= 0.3 is 0 Å². The second-order valence-corrected chi connectivity index (χ2v) is 4.35. The molecule has 1 aliphatic carbocycles. The zero-order valence-corrected chi connectivity index (χ0v) is 7.39. The number of alkyl halides is 2. The highest BCUT2D eigenvalue weighted by atomic mass is 35.5. The molecule has 1 aliphatic rings. The predicted molar refractivity (Wildman–Crippen MR) is 42.1 cm³/mol. The molecule has 0 atom stereocenters. The minimum Gasteiger partial charge on any atom is -0.101 e. The van der Waals surface area contributed by atoms with Crippen molar-refractivity contribution in [2.45, 2.75) is 37.4 Å². The van der Waals surface area contributed by atoms with Crippen LogP contribution in [0.15, 0.2) is 0 Å². The molecule has 0 aromatic heterocycles. The minimum atomic E-state index is -0.392. The molecule has 0 aliphatic heterocycles. The predicted octanol–water partition coefficient (Wildman–Crippen LogP) is 3.37. The van der Waals surface area contributed by atoms with Crippen molar-refractivity contribution in [3.05, 3.63) is 0 Å². The van der Waals surface area contributed by atoms with Crippen LogP contribution in [0.4, 0.5) is 0 Å². The van der Waals surface area contributed by atoms with Gasteiger partial charge < -0.3 is 0 Å². The van der Waals surface area contributed by atoms with Gasteiger partial charge in [0.1, 0.15) is 4.33 Å². The van der Waals surface area contributed by atoms with Crippen LogP contribution in [0, 0.1) is 5.41 Å². The Kier molecular flexibility index (Phi) is 1.73. The summed E-state index contributed by atoms with van der Waals surface area (Å²) in [6, 6.07) is 0. The van der Waals surface area contributed by atoms with Gasteiger partial charge in [0.05, 0.1) is 0 Å². The Balaban J connectivity index is 2.57. The van der Waals surface area contributed by atoms with Crippen LogP contribution in [0.5, 0.6) is 0 Å². The van der Waals surface area contributed by atoms with Crippen LogP contribution in [-0.2, 0) is 0 Å². The largest absolute Gasteiger partial charge is 0.124 e. The van der Waals surface area contributed by atoms with E-state index in [1.165, 1.54) is 0 Å². The van der Waals surface area contributed by atoms with Crippen molar-refractivity contribution < 1.29 is 0 Å². The van der Waals surface area contributed by atoms with Crippen molar-refractivity contribution in [2.24, 2.45) is 5.41 Å². The van der Waals surface area contributed by atoms with Gasteiger partial charge in [0.25, 0.3) is 0 Å².